The minimum atomic E-state index is 0.0220. The molecule has 1 heterocycles. The number of aromatic nitrogens is 1. The molecule has 0 N–H and O–H groups in total. The predicted octanol–water partition coefficient (Wildman–Crippen LogP) is 1.32. The van der Waals surface area contributed by atoms with Gasteiger partial charge in [0.05, 0.1) is 0 Å². The second-order valence-electron chi connectivity index (χ2n) is 2.73. The van der Waals surface area contributed by atoms with Crippen LogP contribution in [0.4, 0.5) is 0 Å². The number of hydrogen-bond acceptors (Lipinski definition) is 2. The molecule has 2 aromatic rings. The van der Waals surface area contributed by atoms with Crippen molar-refractivity contribution in [1.82, 2.24) is 4.57 Å². The summed E-state index contributed by atoms with van der Waals surface area (Å²) in [5, 5.41) is 0.804. The quantitative estimate of drug-likeness (QED) is 0.524. The van der Waals surface area contributed by atoms with Gasteiger partial charge in [0, 0.05) is 0 Å². The van der Waals surface area contributed by atoms with Crippen LogP contribution < -0.4 is 5.56 Å². The summed E-state index contributed by atoms with van der Waals surface area (Å²) < 4.78 is 3.43. The summed E-state index contributed by atoms with van der Waals surface area (Å²) in [4.78, 5) is 11.7. The van der Waals surface area contributed by atoms with E-state index in [1.54, 1.807) is 11.6 Å². The monoisotopic (exact) mass is 257 g/mol. The molecule has 0 saturated heterocycles. The average molecular weight is 256 g/mol. The van der Waals surface area contributed by atoms with Gasteiger partial charge in [0.25, 0.3) is 0 Å². The predicted molar refractivity (Wildman–Crippen MR) is 57.0 cm³/mol. The average Bonchev–Trinajstić information content (AvgIpc) is 2.15. The van der Waals surface area contributed by atoms with Crippen LogP contribution in [0.2, 0.25) is 0 Å². The zero-order valence-electron chi connectivity index (χ0n) is 6.98. The van der Waals surface area contributed by atoms with E-state index in [2.05, 4.69) is 0 Å². The van der Waals surface area contributed by atoms with Crippen LogP contribution in [-0.4, -0.2) is 19.1 Å². The maximum atomic E-state index is 11.7. The Kier molecular flexibility index (Phi) is 2.20. The SMILES string of the molecule is Cn1c(=S)[se]c2ccccc2c1=O. The van der Waals surface area contributed by atoms with Gasteiger partial charge in [-0.15, -0.1) is 0 Å². The third-order valence-electron chi connectivity index (χ3n) is 1.89. The Morgan fingerprint density at radius 2 is 2.08 bits per heavy atom. The molecule has 1 aromatic heterocycles. The maximum absolute atomic E-state index is 11.7. The van der Waals surface area contributed by atoms with Gasteiger partial charge in [-0.25, -0.2) is 0 Å². The van der Waals surface area contributed by atoms with Crippen molar-refractivity contribution in [3.05, 3.63) is 38.1 Å². The van der Waals surface area contributed by atoms with Gasteiger partial charge >= 0.3 is 86.1 Å². The molecule has 4 heteroatoms. The van der Waals surface area contributed by atoms with E-state index in [1.165, 1.54) is 0 Å². The molecule has 0 bridgehead atoms. The van der Waals surface area contributed by atoms with Crippen molar-refractivity contribution in [3.8, 4) is 0 Å². The minimum absolute atomic E-state index is 0.0220. The molecule has 66 valence electrons. The molecule has 0 amide bonds. The topological polar surface area (TPSA) is 22.0 Å². The molecule has 0 fully saturated rings. The third-order valence-corrected chi connectivity index (χ3v) is 4.75. The van der Waals surface area contributed by atoms with Crippen molar-refractivity contribution in [2.24, 2.45) is 7.05 Å². The molecule has 0 radical (unpaired) electrons. The van der Waals surface area contributed by atoms with Gasteiger partial charge in [0.2, 0.25) is 0 Å². The second kappa shape index (κ2) is 3.22. The molecule has 2 nitrogen and oxygen atoms in total. The number of benzene rings is 1. The van der Waals surface area contributed by atoms with Crippen LogP contribution in [0.25, 0.3) is 9.65 Å². The van der Waals surface area contributed by atoms with Crippen LogP contribution in [0.3, 0.4) is 0 Å². The second-order valence-corrected chi connectivity index (χ2v) is 5.86. The molecule has 0 aliphatic rings. The van der Waals surface area contributed by atoms with Crippen molar-refractivity contribution in [1.29, 1.82) is 0 Å². The van der Waals surface area contributed by atoms with E-state index in [1.807, 2.05) is 24.3 Å². The normalized spacial score (nSPS) is 10.5. The fourth-order valence-corrected chi connectivity index (χ4v) is 3.43. The van der Waals surface area contributed by atoms with Crippen LogP contribution in [0.15, 0.2) is 29.1 Å². The van der Waals surface area contributed by atoms with E-state index in [9.17, 15) is 4.79 Å². The standard InChI is InChI=1S/C9H7NOSSe/c1-10-8(11)6-4-2-3-5-7(6)13-9(10)12/h2-5H,1H3. The molecule has 2 rings (SSSR count). The van der Waals surface area contributed by atoms with Crippen LogP contribution in [0, 0.1) is 3.51 Å². The molecule has 0 atom stereocenters. The summed E-state index contributed by atoms with van der Waals surface area (Å²) in [6.07, 6.45) is 0. The Balaban J connectivity index is 3.12. The Hall–Kier alpha value is -0.701. The van der Waals surface area contributed by atoms with Gasteiger partial charge in [0.15, 0.2) is 0 Å². The Morgan fingerprint density at radius 3 is 2.85 bits per heavy atom. The van der Waals surface area contributed by atoms with Gasteiger partial charge in [0.1, 0.15) is 0 Å². The van der Waals surface area contributed by atoms with Crippen molar-refractivity contribution in [3.63, 3.8) is 0 Å². The van der Waals surface area contributed by atoms with E-state index < -0.39 is 0 Å². The Labute approximate surface area is 86.2 Å². The summed E-state index contributed by atoms with van der Waals surface area (Å²) in [5.41, 5.74) is 0.0220. The van der Waals surface area contributed by atoms with E-state index in [0.29, 0.717) is 0 Å². The summed E-state index contributed by atoms with van der Waals surface area (Å²) in [7, 11) is 1.74. The van der Waals surface area contributed by atoms with Crippen molar-refractivity contribution < 1.29 is 0 Å². The van der Waals surface area contributed by atoms with Gasteiger partial charge in [-0.05, 0) is 0 Å². The first kappa shape index (κ1) is 8.88. The van der Waals surface area contributed by atoms with Gasteiger partial charge in [-0.2, -0.15) is 0 Å². The summed E-state index contributed by atoms with van der Waals surface area (Å²) in [6, 6.07) is 7.67. The van der Waals surface area contributed by atoms with Crippen LogP contribution in [-0.2, 0) is 7.05 Å². The van der Waals surface area contributed by atoms with E-state index in [0.717, 1.165) is 13.2 Å². The Morgan fingerprint density at radius 1 is 1.38 bits per heavy atom. The zero-order valence-corrected chi connectivity index (χ0v) is 9.51. The number of fused-ring (bicyclic) bond motifs is 1. The molecule has 0 spiro atoms. The molecular weight excluding hydrogens is 249 g/mol. The fraction of sp³-hybridized carbons (Fsp3) is 0.111. The van der Waals surface area contributed by atoms with Crippen molar-refractivity contribution >= 4 is 36.4 Å². The van der Waals surface area contributed by atoms with Crippen molar-refractivity contribution in [2.45, 2.75) is 0 Å². The number of nitrogens with zero attached hydrogens (tertiary/aromatic N) is 1. The summed E-state index contributed by atoms with van der Waals surface area (Å²) in [5.74, 6) is 0. The van der Waals surface area contributed by atoms with Gasteiger partial charge < -0.3 is 0 Å². The van der Waals surface area contributed by atoms with Crippen molar-refractivity contribution in [2.75, 3.05) is 0 Å². The third kappa shape index (κ3) is 1.41. The molecule has 13 heavy (non-hydrogen) atoms. The van der Waals surface area contributed by atoms with Crippen LogP contribution in [0.1, 0.15) is 0 Å². The number of hydrogen-bond donors (Lipinski definition) is 0. The number of rotatable bonds is 0. The molecule has 0 aliphatic carbocycles. The van der Waals surface area contributed by atoms with Crippen LogP contribution >= 0.6 is 12.2 Å². The summed E-state index contributed by atoms with van der Waals surface area (Å²) in [6.45, 7) is 0. The van der Waals surface area contributed by atoms with Gasteiger partial charge in [-0.1, -0.05) is 0 Å². The molecule has 1 aromatic carbocycles. The molecule has 0 unspecified atom stereocenters. The van der Waals surface area contributed by atoms with Crippen LogP contribution in [0.5, 0.6) is 0 Å². The molecule has 0 saturated carbocycles. The van der Waals surface area contributed by atoms with Gasteiger partial charge in [-0.3, -0.25) is 0 Å². The first-order valence-corrected chi connectivity index (χ1v) is 5.91. The van der Waals surface area contributed by atoms with E-state index >= 15 is 0 Å². The zero-order chi connectivity index (χ0) is 9.42. The first-order valence-electron chi connectivity index (χ1n) is 3.79. The summed E-state index contributed by atoms with van der Waals surface area (Å²) >= 11 is 5.25. The first-order chi connectivity index (χ1) is 6.20. The molecular formula is C9H7NOSSe. The fourth-order valence-electron chi connectivity index (χ4n) is 1.16. The van der Waals surface area contributed by atoms with E-state index in [4.69, 9.17) is 12.2 Å². The molecule has 0 aliphatic heterocycles. The van der Waals surface area contributed by atoms with E-state index in [-0.39, 0.29) is 20.1 Å². The Bertz CT molecular complexity index is 570.